The molecular formula is C12H8Br2O2. The Morgan fingerprint density at radius 1 is 1.19 bits per heavy atom. The van der Waals surface area contributed by atoms with Gasteiger partial charge in [-0.15, -0.1) is 0 Å². The number of rotatable bonds is 2. The Morgan fingerprint density at radius 3 is 2.50 bits per heavy atom. The minimum absolute atomic E-state index is 0.110. The van der Waals surface area contributed by atoms with Crippen LogP contribution < -0.4 is 0 Å². The van der Waals surface area contributed by atoms with Gasteiger partial charge in [0.2, 0.25) is 5.78 Å². The molecule has 0 bridgehead atoms. The molecule has 0 saturated heterocycles. The van der Waals surface area contributed by atoms with Crippen molar-refractivity contribution in [3.63, 3.8) is 0 Å². The molecule has 82 valence electrons. The summed E-state index contributed by atoms with van der Waals surface area (Å²) in [6.07, 6.45) is 0. The van der Waals surface area contributed by atoms with Crippen LogP contribution in [0.1, 0.15) is 21.7 Å². The van der Waals surface area contributed by atoms with Crippen LogP contribution in [-0.4, -0.2) is 5.78 Å². The molecule has 0 spiro atoms. The predicted octanol–water partition coefficient (Wildman–Crippen LogP) is 4.34. The molecule has 16 heavy (non-hydrogen) atoms. The molecule has 0 aliphatic carbocycles. The highest BCUT2D eigenvalue weighted by atomic mass is 79.9. The fraction of sp³-hybridized carbons (Fsp3) is 0.0833. The standard InChI is InChI=1S/C12H8Br2O2/c1-7-6-8(2-3-9(7)13)12(15)10-4-5-11(14)16-10/h2-6H,1H3. The highest BCUT2D eigenvalue weighted by molar-refractivity contribution is 9.10. The number of furan rings is 1. The Bertz CT molecular complexity index is 544. The zero-order valence-electron chi connectivity index (χ0n) is 8.46. The molecule has 1 aromatic carbocycles. The molecule has 2 nitrogen and oxygen atoms in total. The average Bonchev–Trinajstić information content (AvgIpc) is 2.68. The molecule has 0 amide bonds. The Kier molecular flexibility index (Phi) is 3.30. The van der Waals surface area contributed by atoms with Crippen LogP contribution in [0.5, 0.6) is 0 Å². The molecule has 1 heterocycles. The van der Waals surface area contributed by atoms with E-state index < -0.39 is 0 Å². The van der Waals surface area contributed by atoms with E-state index in [4.69, 9.17) is 4.42 Å². The Hall–Kier alpha value is -0.870. The molecule has 0 aliphatic heterocycles. The molecule has 0 unspecified atom stereocenters. The maximum absolute atomic E-state index is 12.0. The van der Waals surface area contributed by atoms with Gasteiger partial charge < -0.3 is 4.42 Å². The summed E-state index contributed by atoms with van der Waals surface area (Å²) in [7, 11) is 0. The number of aryl methyl sites for hydroxylation is 1. The first-order chi connectivity index (χ1) is 7.58. The predicted molar refractivity (Wildman–Crippen MR) is 68.7 cm³/mol. The smallest absolute Gasteiger partial charge is 0.228 e. The second-order valence-electron chi connectivity index (χ2n) is 3.40. The summed E-state index contributed by atoms with van der Waals surface area (Å²) < 4.78 is 6.78. The molecule has 2 aromatic rings. The van der Waals surface area contributed by atoms with E-state index in [-0.39, 0.29) is 5.78 Å². The average molecular weight is 344 g/mol. The summed E-state index contributed by atoms with van der Waals surface area (Å²) in [5.41, 5.74) is 1.65. The lowest BCUT2D eigenvalue weighted by Gasteiger charge is -2.01. The van der Waals surface area contributed by atoms with Crippen molar-refractivity contribution in [2.24, 2.45) is 0 Å². The van der Waals surface area contributed by atoms with Gasteiger partial charge in [0.15, 0.2) is 10.4 Å². The SMILES string of the molecule is Cc1cc(C(=O)c2ccc(Br)o2)ccc1Br. The van der Waals surface area contributed by atoms with E-state index in [9.17, 15) is 4.79 Å². The van der Waals surface area contributed by atoms with Gasteiger partial charge in [-0.3, -0.25) is 4.79 Å². The molecule has 0 aliphatic rings. The highest BCUT2D eigenvalue weighted by Gasteiger charge is 2.13. The molecule has 0 saturated carbocycles. The summed E-state index contributed by atoms with van der Waals surface area (Å²) in [6.45, 7) is 1.94. The zero-order chi connectivity index (χ0) is 11.7. The molecular weight excluding hydrogens is 336 g/mol. The number of carbonyl (C=O) groups excluding carboxylic acids is 1. The van der Waals surface area contributed by atoms with Crippen LogP contribution in [0.2, 0.25) is 0 Å². The van der Waals surface area contributed by atoms with E-state index in [0.717, 1.165) is 10.0 Å². The summed E-state index contributed by atoms with van der Waals surface area (Å²) in [5, 5.41) is 0. The molecule has 1 aromatic heterocycles. The first-order valence-electron chi connectivity index (χ1n) is 4.64. The zero-order valence-corrected chi connectivity index (χ0v) is 11.6. The quantitative estimate of drug-likeness (QED) is 0.759. The van der Waals surface area contributed by atoms with Crippen LogP contribution in [0.4, 0.5) is 0 Å². The van der Waals surface area contributed by atoms with Crippen LogP contribution in [0, 0.1) is 6.92 Å². The third-order valence-corrected chi connectivity index (χ3v) is 3.53. The lowest BCUT2D eigenvalue weighted by atomic mass is 10.1. The first kappa shape index (κ1) is 11.6. The van der Waals surface area contributed by atoms with Gasteiger partial charge in [0, 0.05) is 10.0 Å². The van der Waals surface area contributed by atoms with Crippen molar-refractivity contribution < 1.29 is 9.21 Å². The van der Waals surface area contributed by atoms with Gasteiger partial charge in [-0.1, -0.05) is 15.9 Å². The fourth-order valence-corrected chi connectivity index (χ4v) is 1.92. The van der Waals surface area contributed by atoms with Crippen molar-refractivity contribution in [3.8, 4) is 0 Å². The van der Waals surface area contributed by atoms with Crippen LogP contribution >= 0.6 is 31.9 Å². The van der Waals surface area contributed by atoms with Gasteiger partial charge >= 0.3 is 0 Å². The monoisotopic (exact) mass is 342 g/mol. The van der Waals surface area contributed by atoms with E-state index in [0.29, 0.717) is 16.0 Å². The summed E-state index contributed by atoms with van der Waals surface area (Å²) >= 11 is 6.57. The second-order valence-corrected chi connectivity index (χ2v) is 5.03. The van der Waals surface area contributed by atoms with Crippen molar-refractivity contribution in [2.45, 2.75) is 6.92 Å². The van der Waals surface area contributed by atoms with Gasteiger partial charge in [0.05, 0.1) is 0 Å². The van der Waals surface area contributed by atoms with Crippen molar-refractivity contribution in [2.75, 3.05) is 0 Å². The van der Waals surface area contributed by atoms with Gasteiger partial charge in [-0.2, -0.15) is 0 Å². The van der Waals surface area contributed by atoms with Crippen LogP contribution in [0.25, 0.3) is 0 Å². The fourth-order valence-electron chi connectivity index (χ4n) is 1.36. The first-order valence-corrected chi connectivity index (χ1v) is 6.23. The van der Waals surface area contributed by atoms with Crippen molar-refractivity contribution >= 4 is 37.6 Å². The van der Waals surface area contributed by atoms with E-state index in [1.54, 1.807) is 18.2 Å². The minimum atomic E-state index is -0.110. The van der Waals surface area contributed by atoms with Gasteiger partial charge in [0.25, 0.3) is 0 Å². The number of carbonyl (C=O) groups is 1. The molecule has 2 rings (SSSR count). The number of halogens is 2. The second kappa shape index (κ2) is 4.55. The Morgan fingerprint density at radius 2 is 1.94 bits per heavy atom. The summed E-state index contributed by atoms with van der Waals surface area (Å²) in [5.74, 6) is 0.231. The third-order valence-electron chi connectivity index (χ3n) is 2.22. The van der Waals surface area contributed by atoms with Crippen molar-refractivity contribution in [1.82, 2.24) is 0 Å². The highest BCUT2D eigenvalue weighted by Crippen LogP contribution is 2.21. The molecule has 0 radical (unpaired) electrons. The van der Waals surface area contributed by atoms with E-state index in [2.05, 4.69) is 31.9 Å². The lowest BCUT2D eigenvalue weighted by molar-refractivity contribution is 0.101. The summed E-state index contributed by atoms with van der Waals surface area (Å²) in [6, 6.07) is 8.84. The van der Waals surface area contributed by atoms with E-state index >= 15 is 0 Å². The maximum Gasteiger partial charge on any atom is 0.228 e. The number of hydrogen-bond donors (Lipinski definition) is 0. The van der Waals surface area contributed by atoms with E-state index in [1.165, 1.54) is 0 Å². The Labute approximate surface area is 110 Å². The maximum atomic E-state index is 12.0. The third kappa shape index (κ3) is 2.28. The minimum Gasteiger partial charge on any atom is -0.446 e. The summed E-state index contributed by atoms with van der Waals surface area (Å²) in [4.78, 5) is 12.0. The molecule has 0 atom stereocenters. The van der Waals surface area contributed by atoms with E-state index in [1.807, 2.05) is 19.1 Å². The normalized spacial score (nSPS) is 10.4. The number of ketones is 1. The largest absolute Gasteiger partial charge is 0.446 e. The van der Waals surface area contributed by atoms with Crippen molar-refractivity contribution in [1.29, 1.82) is 0 Å². The Balaban J connectivity index is 2.38. The van der Waals surface area contributed by atoms with Crippen LogP contribution in [-0.2, 0) is 0 Å². The molecule has 0 N–H and O–H groups in total. The van der Waals surface area contributed by atoms with Crippen LogP contribution in [0.15, 0.2) is 43.9 Å². The molecule has 4 heteroatoms. The van der Waals surface area contributed by atoms with Crippen molar-refractivity contribution in [3.05, 3.63) is 56.4 Å². The van der Waals surface area contributed by atoms with Crippen LogP contribution in [0.3, 0.4) is 0 Å². The van der Waals surface area contributed by atoms with Gasteiger partial charge in [-0.05, 0) is 58.7 Å². The topological polar surface area (TPSA) is 30.2 Å². The van der Waals surface area contributed by atoms with Gasteiger partial charge in [-0.25, -0.2) is 0 Å². The lowest BCUT2D eigenvalue weighted by Crippen LogP contribution is -1.99. The molecule has 0 fully saturated rings. The number of benzene rings is 1. The van der Waals surface area contributed by atoms with Gasteiger partial charge in [0.1, 0.15) is 0 Å². The number of hydrogen-bond acceptors (Lipinski definition) is 2.